The molecule has 1 amide bonds. The molecule has 25 heavy (non-hydrogen) atoms. The zero-order chi connectivity index (χ0) is 17.7. The van der Waals surface area contributed by atoms with E-state index in [4.69, 9.17) is 5.21 Å². The molecule has 8 heteroatoms. The van der Waals surface area contributed by atoms with E-state index in [-0.39, 0.29) is 0 Å². The molecule has 3 rings (SSSR count). The van der Waals surface area contributed by atoms with Crippen molar-refractivity contribution in [2.45, 2.75) is 48.1 Å². The maximum Gasteiger partial charge on any atom is 0.267 e. The molecule has 2 aliphatic rings. The summed E-state index contributed by atoms with van der Waals surface area (Å²) in [6.45, 7) is 2.17. The maximum absolute atomic E-state index is 11.0. The van der Waals surface area contributed by atoms with Crippen molar-refractivity contribution in [1.29, 1.82) is 0 Å². The molecule has 2 heterocycles. The molecule has 136 valence electrons. The summed E-state index contributed by atoms with van der Waals surface area (Å²) >= 11 is 2.67. The Labute approximate surface area is 161 Å². The average molecular weight is 457 g/mol. The van der Waals surface area contributed by atoms with Gasteiger partial charge in [-0.3, -0.25) is 19.9 Å². The summed E-state index contributed by atoms with van der Waals surface area (Å²) in [7, 11) is 0. The summed E-state index contributed by atoms with van der Waals surface area (Å²) in [4.78, 5) is 22.2. The van der Waals surface area contributed by atoms with Gasteiger partial charge in [0.05, 0.1) is 21.6 Å². The molecule has 1 aromatic heterocycles. The van der Waals surface area contributed by atoms with Gasteiger partial charge < -0.3 is 5.32 Å². The Bertz CT molecular complexity index is 616. The number of hydrogen-bond acceptors (Lipinski definition) is 6. The minimum Gasteiger partial charge on any atom is -0.365 e. The van der Waals surface area contributed by atoms with Crippen LogP contribution in [-0.4, -0.2) is 48.7 Å². The first-order valence-electron chi connectivity index (χ1n) is 8.74. The largest absolute Gasteiger partial charge is 0.365 e. The number of anilines is 1. The molecule has 3 N–H and O–H groups in total. The van der Waals surface area contributed by atoms with Gasteiger partial charge in [-0.2, -0.15) is 0 Å². The van der Waals surface area contributed by atoms with Crippen molar-refractivity contribution in [1.82, 2.24) is 20.3 Å². The summed E-state index contributed by atoms with van der Waals surface area (Å²) in [6, 6.07) is 0.393. The highest BCUT2D eigenvalue weighted by Gasteiger charge is 2.39. The van der Waals surface area contributed by atoms with Crippen LogP contribution < -0.4 is 10.8 Å². The summed E-state index contributed by atoms with van der Waals surface area (Å²) in [5.74, 6) is 0.159. The van der Waals surface area contributed by atoms with Crippen LogP contribution in [0.25, 0.3) is 6.08 Å². The third kappa shape index (κ3) is 4.89. The fraction of sp³-hybridized carbons (Fsp3) is 0.588. The molecule has 1 aromatic rings. The van der Waals surface area contributed by atoms with Gasteiger partial charge in [0, 0.05) is 25.2 Å². The first-order valence-corrected chi connectivity index (χ1v) is 9.82. The summed E-state index contributed by atoms with van der Waals surface area (Å²) in [5.41, 5.74) is 2.10. The lowest BCUT2D eigenvalue weighted by Crippen LogP contribution is -2.44. The van der Waals surface area contributed by atoms with Crippen molar-refractivity contribution in [2.75, 3.05) is 18.4 Å². The molecule has 1 aliphatic heterocycles. The van der Waals surface area contributed by atoms with E-state index in [1.54, 1.807) is 12.4 Å². The van der Waals surface area contributed by atoms with Crippen LogP contribution in [0, 0.1) is 0 Å². The number of hydrogen-bond donors (Lipinski definition) is 3. The monoisotopic (exact) mass is 457 g/mol. The topological polar surface area (TPSA) is 90.4 Å². The van der Waals surface area contributed by atoms with Crippen molar-refractivity contribution in [3.63, 3.8) is 0 Å². The third-order valence-corrected chi connectivity index (χ3v) is 6.68. The van der Waals surface area contributed by atoms with Crippen LogP contribution in [0.5, 0.6) is 0 Å². The second-order valence-electron chi connectivity index (χ2n) is 6.69. The Hall–Kier alpha value is -1.26. The molecule has 0 bridgehead atoms. The molecule has 0 aromatic carbocycles. The average Bonchev–Trinajstić information content (AvgIpc) is 3.11. The Morgan fingerprint density at radius 1 is 1.32 bits per heavy atom. The van der Waals surface area contributed by atoms with Crippen molar-refractivity contribution >= 4 is 40.4 Å². The molecule has 1 saturated carbocycles. The highest BCUT2D eigenvalue weighted by molar-refractivity contribution is 14.1. The molecule has 7 nitrogen and oxygen atoms in total. The molecule has 0 radical (unpaired) electrons. The predicted molar refractivity (Wildman–Crippen MR) is 104 cm³/mol. The minimum absolute atomic E-state index is 0.333. The second-order valence-corrected chi connectivity index (χ2v) is 8.70. The molecule has 1 atom stereocenters. The Kier molecular flexibility index (Phi) is 6.24. The number of rotatable bonds is 5. The number of carbonyl (C=O) groups excluding carboxylic acids is 1. The summed E-state index contributed by atoms with van der Waals surface area (Å²) in [5, 5.41) is 11.9. The van der Waals surface area contributed by atoms with Crippen molar-refractivity contribution in [2.24, 2.45) is 0 Å². The third-order valence-electron chi connectivity index (χ3n) is 4.91. The number of nitrogens with zero attached hydrogens (tertiary/aromatic N) is 3. The first-order chi connectivity index (χ1) is 12.1. The SMILES string of the molecule is O=C(C=Cc1cnc(N[C@@H]2CCN(C3(I)CCCCC3)C2)cn1)NO. The lowest BCUT2D eigenvalue weighted by Gasteiger charge is -2.40. The number of carbonyl (C=O) groups is 1. The van der Waals surface area contributed by atoms with Gasteiger partial charge in [0.2, 0.25) is 0 Å². The Morgan fingerprint density at radius 3 is 2.80 bits per heavy atom. The number of amides is 1. The van der Waals surface area contributed by atoms with E-state index in [1.807, 2.05) is 0 Å². The normalized spacial score (nSPS) is 23.7. The zero-order valence-corrected chi connectivity index (χ0v) is 16.3. The summed E-state index contributed by atoms with van der Waals surface area (Å²) in [6.07, 6.45) is 13.8. The molecule has 2 fully saturated rings. The second kappa shape index (κ2) is 8.41. The molecule has 0 unspecified atom stereocenters. The predicted octanol–water partition coefficient (Wildman–Crippen LogP) is 2.58. The lowest BCUT2D eigenvalue weighted by molar-refractivity contribution is -0.124. The van der Waals surface area contributed by atoms with E-state index in [1.165, 1.54) is 49.7 Å². The van der Waals surface area contributed by atoms with Crippen LogP contribution in [-0.2, 0) is 4.79 Å². The number of aromatic nitrogens is 2. The van der Waals surface area contributed by atoms with E-state index >= 15 is 0 Å². The molecule has 1 saturated heterocycles. The van der Waals surface area contributed by atoms with Crippen LogP contribution in [0.15, 0.2) is 18.5 Å². The van der Waals surface area contributed by atoms with Gasteiger partial charge in [-0.05, 0) is 25.3 Å². The highest BCUT2D eigenvalue weighted by atomic mass is 127. The fourth-order valence-corrected chi connectivity index (χ4v) is 4.76. The quantitative estimate of drug-likeness (QED) is 0.157. The Morgan fingerprint density at radius 2 is 2.12 bits per heavy atom. The summed E-state index contributed by atoms with van der Waals surface area (Å²) < 4.78 is 0.333. The lowest BCUT2D eigenvalue weighted by atomic mass is 9.94. The van der Waals surface area contributed by atoms with Gasteiger partial charge in [0.15, 0.2) is 0 Å². The van der Waals surface area contributed by atoms with Gasteiger partial charge >= 0.3 is 0 Å². The Balaban J connectivity index is 1.53. The molecule has 0 spiro atoms. The van der Waals surface area contributed by atoms with E-state index in [2.05, 4.69) is 42.8 Å². The first kappa shape index (κ1) is 18.5. The van der Waals surface area contributed by atoms with Crippen molar-refractivity contribution in [3.8, 4) is 0 Å². The smallest absolute Gasteiger partial charge is 0.267 e. The van der Waals surface area contributed by atoms with E-state index < -0.39 is 5.91 Å². The maximum atomic E-state index is 11.0. The van der Waals surface area contributed by atoms with Crippen molar-refractivity contribution < 1.29 is 10.0 Å². The van der Waals surface area contributed by atoms with Crippen molar-refractivity contribution in [3.05, 3.63) is 24.2 Å². The minimum atomic E-state index is -0.592. The van der Waals surface area contributed by atoms with Gasteiger partial charge in [0.25, 0.3) is 5.91 Å². The van der Waals surface area contributed by atoms with Crippen LogP contribution in [0.3, 0.4) is 0 Å². The van der Waals surface area contributed by atoms with Crippen LogP contribution >= 0.6 is 22.6 Å². The van der Waals surface area contributed by atoms with Crippen LogP contribution in [0.1, 0.15) is 44.2 Å². The van der Waals surface area contributed by atoms with Gasteiger partial charge in [-0.25, -0.2) is 10.5 Å². The van der Waals surface area contributed by atoms with Gasteiger partial charge in [-0.1, -0.05) is 41.9 Å². The standard InChI is InChI=1S/C17H24IN5O2/c18-17(7-2-1-3-8-17)23-9-6-14(12-23)21-15-11-19-13(10-20-15)4-5-16(24)22-25/h4-5,10-11,14,25H,1-3,6-9,12H2,(H,20,21)(H,22,24)/t14-/m1/s1. The molecule has 1 aliphatic carbocycles. The van der Waals surface area contributed by atoms with E-state index in [0.29, 0.717) is 15.3 Å². The molecular formula is C17H24IN5O2. The van der Waals surface area contributed by atoms with Crippen LogP contribution in [0.2, 0.25) is 0 Å². The van der Waals surface area contributed by atoms with E-state index in [9.17, 15) is 4.79 Å². The number of hydroxylamine groups is 1. The number of nitrogens with one attached hydrogen (secondary N) is 2. The fourth-order valence-electron chi connectivity index (χ4n) is 3.56. The van der Waals surface area contributed by atoms with Gasteiger partial charge in [-0.15, -0.1) is 0 Å². The zero-order valence-electron chi connectivity index (χ0n) is 14.1. The molecular weight excluding hydrogens is 433 g/mol. The van der Waals surface area contributed by atoms with Gasteiger partial charge in [0.1, 0.15) is 5.82 Å². The highest BCUT2D eigenvalue weighted by Crippen LogP contribution is 2.41. The number of likely N-dealkylation sites (tertiary alicyclic amines) is 1. The number of halogens is 1. The van der Waals surface area contributed by atoms with Crippen LogP contribution in [0.4, 0.5) is 5.82 Å². The number of alkyl halides is 1. The van der Waals surface area contributed by atoms with E-state index in [0.717, 1.165) is 25.3 Å².